The van der Waals surface area contributed by atoms with Crippen LogP contribution in [0.25, 0.3) is 0 Å². The minimum Gasteiger partial charge on any atom is -0.356 e. The van der Waals surface area contributed by atoms with E-state index >= 15 is 0 Å². The highest BCUT2D eigenvalue weighted by atomic mass is 16.6. The Kier molecular flexibility index (Phi) is 3.26. The van der Waals surface area contributed by atoms with Gasteiger partial charge in [0.1, 0.15) is 12.0 Å². The van der Waals surface area contributed by atoms with Crippen molar-refractivity contribution >= 4 is 11.5 Å². The van der Waals surface area contributed by atoms with E-state index in [1.807, 2.05) is 0 Å². The Hall–Kier alpha value is -1.65. The third-order valence-corrected chi connectivity index (χ3v) is 3.14. The molecule has 0 N–H and O–H groups in total. The van der Waals surface area contributed by atoms with Crippen LogP contribution in [0.1, 0.15) is 20.3 Å². The number of rotatable bonds is 2. The molecule has 0 amide bonds. The highest BCUT2D eigenvalue weighted by Gasteiger charge is 2.22. The van der Waals surface area contributed by atoms with Crippen LogP contribution >= 0.6 is 0 Å². The third kappa shape index (κ3) is 2.72. The number of hydrogen-bond acceptors (Lipinski definition) is 4. The zero-order chi connectivity index (χ0) is 12.4. The summed E-state index contributed by atoms with van der Waals surface area (Å²) in [6.07, 6.45) is 2.57. The van der Waals surface area contributed by atoms with Crippen molar-refractivity contribution in [2.24, 2.45) is 11.8 Å². The molecule has 17 heavy (non-hydrogen) atoms. The number of piperidine rings is 1. The van der Waals surface area contributed by atoms with Gasteiger partial charge in [-0.05, 0) is 24.3 Å². The first kappa shape index (κ1) is 11.8. The summed E-state index contributed by atoms with van der Waals surface area (Å²) in [5.41, 5.74) is 0.0480. The molecule has 1 aliphatic rings. The molecule has 0 unspecified atom stereocenters. The summed E-state index contributed by atoms with van der Waals surface area (Å²) in [4.78, 5) is 16.5. The third-order valence-electron chi connectivity index (χ3n) is 3.14. The van der Waals surface area contributed by atoms with E-state index in [1.165, 1.54) is 18.7 Å². The second-order valence-corrected chi connectivity index (χ2v) is 4.98. The molecular weight excluding hydrogens is 218 g/mol. The van der Waals surface area contributed by atoms with Crippen molar-refractivity contribution in [3.05, 3.63) is 28.4 Å². The Balaban J connectivity index is 2.14. The lowest BCUT2D eigenvalue weighted by atomic mass is 9.92. The lowest BCUT2D eigenvalue weighted by Gasteiger charge is -2.35. The quantitative estimate of drug-likeness (QED) is 0.583. The zero-order valence-corrected chi connectivity index (χ0v) is 10.2. The Morgan fingerprint density at radius 3 is 2.47 bits per heavy atom. The summed E-state index contributed by atoms with van der Waals surface area (Å²) >= 11 is 0. The van der Waals surface area contributed by atoms with Crippen LogP contribution in [0.2, 0.25) is 0 Å². The van der Waals surface area contributed by atoms with E-state index in [9.17, 15) is 10.1 Å². The van der Waals surface area contributed by atoms with Crippen molar-refractivity contribution in [3.8, 4) is 0 Å². The summed E-state index contributed by atoms with van der Waals surface area (Å²) < 4.78 is 0. The lowest BCUT2D eigenvalue weighted by molar-refractivity contribution is -0.385. The Morgan fingerprint density at radius 1 is 1.35 bits per heavy atom. The van der Waals surface area contributed by atoms with E-state index < -0.39 is 4.92 Å². The SMILES string of the molecule is C[C@H]1C[C@H](C)CN(c2ccc([N+](=O)[O-])cn2)C1. The minimum absolute atomic E-state index is 0.0480. The van der Waals surface area contributed by atoms with Crippen molar-refractivity contribution < 1.29 is 4.92 Å². The molecule has 1 aromatic rings. The molecule has 92 valence electrons. The molecule has 1 saturated heterocycles. The number of nitro groups is 1. The molecule has 0 bridgehead atoms. The van der Waals surface area contributed by atoms with Crippen molar-refractivity contribution in [3.63, 3.8) is 0 Å². The van der Waals surface area contributed by atoms with E-state index in [0.29, 0.717) is 11.8 Å². The molecule has 1 fully saturated rings. The number of nitrogens with zero attached hydrogens (tertiary/aromatic N) is 3. The monoisotopic (exact) mass is 235 g/mol. The van der Waals surface area contributed by atoms with Gasteiger partial charge in [0, 0.05) is 19.2 Å². The Morgan fingerprint density at radius 2 is 2.00 bits per heavy atom. The van der Waals surface area contributed by atoms with Gasteiger partial charge in [-0.3, -0.25) is 10.1 Å². The Bertz CT molecular complexity index is 395. The van der Waals surface area contributed by atoms with Crippen molar-refractivity contribution in [1.82, 2.24) is 4.98 Å². The van der Waals surface area contributed by atoms with Crippen LogP contribution in [-0.2, 0) is 0 Å². The molecule has 0 aliphatic carbocycles. The molecule has 0 spiro atoms. The van der Waals surface area contributed by atoms with Crippen molar-refractivity contribution in [1.29, 1.82) is 0 Å². The summed E-state index contributed by atoms with van der Waals surface area (Å²) in [5, 5.41) is 10.5. The highest BCUT2D eigenvalue weighted by Crippen LogP contribution is 2.25. The van der Waals surface area contributed by atoms with Gasteiger partial charge in [0.25, 0.3) is 5.69 Å². The topological polar surface area (TPSA) is 59.3 Å². The van der Waals surface area contributed by atoms with E-state index in [2.05, 4.69) is 23.7 Å². The maximum absolute atomic E-state index is 10.5. The fraction of sp³-hybridized carbons (Fsp3) is 0.583. The van der Waals surface area contributed by atoms with E-state index in [4.69, 9.17) is 0 Å². The summed E-state index contributed by atoms with van der Waals surface area (Å²) in [6, 6.07) is 3.26. The molecule has 2 atom stereocenters. The van der Waals surface area contributed by atoms with Gasteiger partial charge in [-0.25, -0.2) is 4.98 Å². The van der Waals surface area contributed by atoms with Crippen molar-refractivity contribution in [2.45, 2.75) is 20.3 Å². The van der Waals surface area contributed by atoms with Gasteiger partial charge in [-0.1, -0.05) is 13.8 Å². The van der Waals surface area contributed by atoms with Crippen LogP contribution < -0.4 is 4.90 Å². The molecule has 5 heteroatoms. The Labute approximate surface area is 101 Å². The van der Waals surface area contributed by atoms with Gasteiger partial charge in [-0.15, -0.1) is 0 Å². The first-order valence-electron chi connectivity index (χ1n) is 5.91. The van der Waals surface area contributed by atoms with Gasteiger partial charge in [0.2, 0.25) is 0 Å². The zero-order valence-electron chi connectivity index (χ0n) is 10.2. The van der Waals surface area contributed by atoms with Gasteiger partial charge in [-0.2, -0.15) is 0 Å². The average molecular weight is 235 g/mol. The van der Waals surface area contributed by atoms with Crippen LogP contribution in [0.5, 0.6) is 0 Å². The standard InChI is InChI=1S/C12H17N3O2/c1-9-5-10(2)8-14(7-9)12-4-3-11(6-13-12)15(16)17/h3-4,6,9-10H,5,7-8H2,1-2H3/t9-,10-/m0/s1. The molecule has 0 radical (unpaired) electrons. The first-order valence-corrected chi connectivity index (χ1v) is 5.91. The van der Waals surface area contributed by atoms with Crippen LogP contribution in [0, 0.1) is 22.0 Å². The second-order valence-electron chi connectivity index (χ2n) is 4.98. The normalized spacial score (nSPS) is 24.7. The predicted molar refractivity (Wildman–Crippen MR) is 66.0 cm³/mol. The number of anilines is 1. The summed E-state index contributed by atoms with van der Waals surface area (Å²) in [5.74, 6) is 2.14. The molecule has 0 saturated carbocycles. The van der Waals surface area contributed by atoms with Crippen LogP contribution in [0.15, 0.2) is 18.3 Å². The van der Waals surface area contributed by atoms with E-state index in [0.717, 1.165) is 18.9 Å². The summed E-state index contributed by atoms with van der Waals surface area (Å²) in [6.45, 7) is 6.42. The lowest BCUT2D eigenvalue weighted by Crippen LogP contribution is -2.39. The highest BCUT2D eigenvalue weighted by molar-refractivity contribution is 5.43. The molecule has 2 rings (SSSR count). The fourth-order valence-corrected chi connectivity index (χ4v) is 2.52. The number of hydrogen-bond donors (Lipinski definition) is 0. The maximum Gasteiger partial charge on any atom is 0.287 e. The molecule has 1 aliphatic heterocycles. The fourth-order valence-electron chi connectivity index (χ4n) is 2.52. The smallest absolute Gasteiger partial charge is 0.287 e. The van der Waals surface area contributed by atoms with Crippen LogP contribution in [0.3, 0.4) is 0 Å². The number of pyridine rings is 1. The van der Waals surface area contributed by atoms with Crippen LogP contribution in [-0.4, -0.2) is 23.0 Å². The van der Waals surface area contributed by atoms with Gasteiger partial charge in [0.05, 0.1) is 4.92 Å². The van der Waals surface area contributed by atoms with Gasteiger partial charge in [0.15, 0.2) is 0 Å². The van der Waals surface area contributed by atoms with Crippen LogP contribution in [0.4, 0.5) is 11.5 Å². The minimum atomic E-state index is -0.418. The predicted octanol–water partition coefficient (Wildman–Crippen LogP) is 2.47. The van der Waals surface area contributed by atoms with Gasteiger partial charge >= 0.3 is 0 Å². The largest absolute Gasteiger partial charge is 0.356 e. The molecule has 1 aromatic heterocycles. The first-order chi connectivity index (χ1) is 8.06. The molecular formula is C12H17N3O2. The average Bonchev–Trinajstić information content (AvgIpc) is 2.28. The second kappa shape index (κ2) is 4.69. The number of aromatic nitrogens is 1. The van der Waals surface area contributed by atoms with Crippen molar-refractivity contribution in [2.75, 3.05) is 18.0 Å². The molecule has 5 nitrogen and oxygen atoms in total. The van der Waals surface area contributed by atoms with E-state index in [1.54, 1.807) is 6.07 Å². The maximum atomic E-state index is 10.5. The van der Waals surface area contributed by atoms with Gasteiger partial charge < -0.3 is 4.90 Å². The summed E-state index contributed by atoms with van der Waals surface area (Å²) in [7, 11) is 0. The molecule has 0 aromatic carbocycles. The van der Waals surface area contributed by atoms with E-state index in [-0.39, 0.29) is 5.69 Å². The molecule has 2 heterocycles.